The van der Waals surface area contributed by atoms with E-state index in [0.29, 0.717) is 5.56 Å². The zero-order chi connectivity index (χ0) is 22.5. The maximum absolute atomic E-state index is 12.4. The van der Waals surface area contributed by atoms with Gasteiger partial charge in [0.05, 0.1) is 11.4 Å². The smallest absolute Gasteiger partial charge is 0.534 e. The Bertz CT molecular complexity index is 833. The average molecular weight is 419 g/mol. The largest absolute Gasteiger partial charge is 0.547 e. The summed E-state index contributed by atoms with van der Waals surface area (Å²) in [5, 5.41) is 12.9. The van der Waals surface area contributed by atoms with Crippen LogP contribution < -0.4 is 9.97 Å². The Morgan fingerprint density at radius 3 is 2.53 bits per heavy atom. The summed E-state index contributed by atoms with van der Waals surface area (Å²) in [6.07, 6.45) is 0.357. The predicted octanol–water partition coefficient (Wildman–Crippen LogP) is 1.20. The second-order valence-electron chi connectivity index (χ2n) is 8.11. The van der Waals surface area contributed by atoms with Crippen LogP contribution in [0.3, 0.4) is 0 Å². The van der Waals surface area contributed by atoms with Crippen molar-refractivity contribution < 1.29 is 38.3 Å². The zero-order valence-corrected chi connectivity index (χ0v) is 17.5. The average Bonchev–Trinajstić information content (AvgIpc) is 2.65. The van der Waals surface area contributed by atoms with Crippen molar-refractivity contribution in [1.82, 2.24) is 5.32 Å². The van der Waals surface area contributed by atoms with Crippen LogP contribution in [0.5, 0.6) is 5.75 Å². The van der Waals surface area contributed by atoms with E-state index in [2.05, 4.69) is 5.32 Å². The van der Waals surface area contributed by atoms with Gasteiger partial charge in [0.15, 0.2) is 0 Å². The second-order valence-corrected chi connectivity index (χ2v) is 8.11. The minimum Gasteiger partial charge on any atom is -0.534 e. The highest BCUT2D eigenvalue weighted by molar-refractivity contribution is 6.47. The fraction of sp³-hybridized carbons (Fsp3) is 0.500. The summed E-state index contributed by atoms with van der Waals surface area (Å²) < 4.78 is 15.4. The molecule has 1 aromatic carbocycles. The quantitative estimate of drug-likeness (QED) is 0.383. The standard InChI is InChI=1S/C20H26BNO8/c1-12(23)8-9-16(24)22-15-10-13-6-5-7-14(17(13)30-21(15)27)18(25)28-11-29-19(26)20(2,3)4/h5-7,15,27H,8-11H2,1-4H3,(H,22,24). The topological polar surface area (TPSA) is 128 Å². The van der Waals surface area contributed by atoms with Gasteiger partial charge < -0.3 is 29.3 Å². The van der Waals surface area contributed by atoms with E-state index in [1.807, 2.05) is 0 Å². The maximum atomic E-state index is 12.4. The lowest BCUT2D eigenvalue weighted by molar-refractivity contribution is -0.161. The summed E-state index contributed by atoms with van der Waals surface area (Å²) in [6, 6.07) is 4.78. The van der Waals surface area contributed by atoms with E-state index in [0.717, 1.165) is 0 Å². The molecule has 2 N–H and O–H groups in total. The first-order chi connectivity index (χ1) is 14.0. The molecule has 0 aliphatic carbocycles. The summed E-state index contributed by atoms with van der Waals surface area (Å²) in [5.41, 5.74) is -0.0620. The Kier molecular flexibility index (Phi) is 7.61. The van der Waals surface area contributed by atoms with Gasteiger partial charge in [0.1, 0.15) is 17.1 Å². The van der Waals surface area contributed by atoms with Gasteiger partial charge in [0.2, 0.25) is 12.7 Å². The van der Waals surface area contributed by atoms with Crippen LogP contribution in [0.15, 0.2) is 18.2 Å². The van der Waals surface area contributed by atoms with Gasteiger partial charge in [-0.25, -0.2) is 4.79 Å². The molecule has 1 aromatic rings. The molecule has 1 aliphatic heterocycles. The fourth-order valence-electron chi connectivity index (χ4n) is 2.71. The van der Waals surface area contributed by atoms with Crippen molar-refractivity contribution in [3.8, 4) is 5.75 Å². The van der Waals surface area contributed by atoms with E-state index in [-0.39, 0.29) is 42.3 Å². The Morgan fingerprint density at radius 1 is 1.20 bits per heavy atom. The number of hydrogen-bond donors (Lipinski definition) is 2. The minimum atomic E-state index is -1.38. The minimum absolute atomic E-state index is 0.0189. The molecule has 30 heavy (non-hydrogen) atoms. The Balaban J connectivity index is 2.01. The number of ketones is 1. The van der Waals surface area contributed by atoms with Crippen LogP contribution in [0.25, 0.3) is 0 Å². The van der Waals surface area contributed by atoms with Crippen LogP contribution in [0.4, 0.5) is 0 Å². The van der Waals surface area contributed by atoms with Crippen LogP contribution in [0, 0.1) is 5.41 Å². The zero-order valence-electron chi connectivity index (χ0n) is 17.5. The number of carbonyl (C=O) groups excluding carboxylic acids is 4. The summed E-state index contributed by atoms with van der Waals surface area (Å²) in [6.45, 7) is 5.88. The van der Waals surface area contributed by atoms with Gasteiger partial charge in [-0.2, -0.15) is 0 Å². The number of nitrogens with one attached hydrogen (secondary N) is 1. The van der Waals surface area contributed by atoms with Crippen LogP contribution in [0.2, 0.25) is 0 Å². The fourth-order valence-corrected chi connectivity index (χ4v) is 2.71. The molecule has 1 unspecified atom stereocenters. The first-order valence-corrected chi connectivity index (χ1v) is 9.59. The lowest BCUT2D eigenvalue weighted by Gasteiger charge is -2.29. The number of benzene rings is 1. The number of para-hydroxylation sites is 1. The summed E-state index contributed by atoms with van der Waals surface area (Å²) in [4.78, 5) is 47.1. The molecule has 1 heterocycles. The molecule has 0 spiro atoms. The SMILES string of the molecule is CC(=O)CCC(=O)NC1Cc2cccc(C(=O)OCOC(=O)C(C)(C)C)c2OB1O. The van der Waals surface area contributed by atoms with E-state index >= 15 is 0 Å². The molecule has 1 amide bonds. The van der Waals surface area contributed by atoms with Gasteiger partial charge in [-0.15, -0.1) is 0 Å². The Labute approximate surface area is 175 Å². The third-order valence-electron chi connectivity index (χ3n) is 4.38. The van der Waals surface area contributed by atoms with Gasteiger partial charge in [-0.1, -0.05) is 12.1 Å². The van der Waals surface area contributed by atoms with Gasteiger partial charge in [0.25, 0.3) is 0 Å². The third kappa shape index (κ3) is 6.31. The number of ether oxygens (including phenoxy) is 2. The Morgan fingerprint density at radius 2 is 1.90 bits per heavy atom. The molecule has 1 atom stereocenters. The first kappa shape index (κ1) is 23.4. The lowest BCUT2D eigenvalue weighted by Crippen LogP contribution is -2.53. The van der Waals surface area contributed by atoms with Crippen molar-refractivity contribution in [2.24, 2.45) is 5.41 Å². The number of carbonyl (C=O) groups is 4. The molecule has 10 heteroatoms. The third-order valence-corrected chi connectivity index (χ3v) is 4.38. The molecule has 0 saturated carbocycles. The maximum Gasteiger partial charge on any atom is 0.547 e. The van der Waals surface area contributed by atoms with E-state index in [1.165, 1.54) is 13.0 Å². The number of Topliss-reactive ketones (excluding diaryl/α,β-unsaturated/α-hetero) is 1. The van der Waals surface area contributed by atoms with Crippen molar-refractivity contribution in [2.75, 3.05) is 6.79 Å². The Hall–Kier alpha value is -2.88. The highest BCUT2D eigenvalue weighted by atomic mass is 16.7. The second kappa shape index (κ2) is 9.75. The molecule has 162 valence electrons. The van der Waals surface area contributed by atoms with E-state index in [1.54, 1.807) is 32.9 Å². The monoisotopic (exact) mass is 419 g/mol. The molecular formula is C20H26BNO8. The molecule has 0 bridgehead atoms. The first-order valence-electron chi connectivity index (χ1n) is 9.59. The lowest BCUT2D eigenvalue weighted by atomic mass is 9.72. The molecular weight excluding hydrogens is 393 g/mol. The number of fused-ring (bicyclic) bond motifs is 1. The van der Waals surface area contributed by atoms with Crippen LogP contribution in [0.1, 0.15) is 56.5 Å². The van der Waals surface area contributed by atoms with Crippen LogP contribution >= 0.6 is 0 Å². The molecule has 0 fully saturated rings. The van der Waals surface area contributed by atoms with Crippen molar-refractivity contribution in [3.05, 3.63) is 29.3 Å². The molecule has 0 radical (unpaired) electrons. The molecule has 1 aliphatic rings. The number of amides is 1. The van der Waals surface area contributed by atoms with E-state index in [9.17, 15) is 24.2 Å². The van der Waals surface area contributed by atoms with Crippen molar-refractivity contribution in [3.63, 3.8) is 0 Å². The molecule has 2 rings (SSSR count). The summed E-state index contributed by atoms with van der Waals surface area (Å²) in [7, 11) is -1.38. The van der Waals surface area contributed by atoms with E-state index < -0.39 is 37.2 Å². The van der Waals surface area contributed by atoms with Gasteiger partial charge in [0, 0.05) is 12.8 Å². The van der Waals surface area contributed by atoms with Gasteiger partial charge in [-0.3, -0.25) is 9.59 Å². The highest BCUT2D eigenvalue weighted by Gasteiger charge is 2.38. The van der Waals surface area contributed by atoms with Crippen LogP contribution in [-0.4, -0.2) is 48.5 Å². The summed E-state index contributed by atoms with van der Waals surface area (Å²) in [5.74, 6) is -2.35. The van der Waals surface area contributed by atoms with Crippen molar-refractivity contribution >= 4 is 30.7 Å². The molecule has 0 aromatic heterocycles. The normalized spacial score (nSPS) is 15.5. The van der Waals surface area contributed by atoms with Crippen molar-refractivity contribution in [1.29, 1.82) is 0 Å². The molecule has 9 nitrogen and oxygen atoms in total. The summed E-state index contributed by atoms with van der Waals surface area (Å²) >= 11 is 0. The number of esters is 2. The van der Waals surface area contributed by atoms with Crippen LogP contribution in [-0.2, 0) is 30.3 Å². The van der Waals surface area contributed by atoms with Crippen molar-refractivity contribution in [2.45, 2.75) is 52.9 Å². The van der Waals surface area contributed by atoms with Gasteiger partial charge >= 0.3 is 19.1 Å². The highest BCUT2D eigenvalue weighted by Crippen LogP contribution is 2.30. The van der Waals surface area contributed by atoms with Gasteiger partial charge in [-0.05, 0) is 45.7 Å². The predicted molar refractivity (Wildman–Crippen MR) is 106 cm³/mol. The molecule has 0 saturated heterocycles. The number of rotatable bonds is 7. The van der Waals surface area contributed by atoms with E-state index in [4.69, 9.17) is 14.1 Å². The number of hydrogen-bond acceptors (Lipinski definition) is 8.